The molecular weight excluding hydrogens is 202 g/mol. The van der Waals surface area contributed by atoms with Crippen molar-refractivity contribution in [3.05, 3.63) is 11.6 Å². The van der Waals surface area contributed by atoms with Gasteiger partial charge in [-0.05, 0) is 32.1 Å². The van der Waals surface area contributed by atoms with Crippen molar-refractivity contribution in [1.29, 1.82) is 0 Å². The molecule has 3 nitrogen and oxygen atoms in total. The third-order valence-corrected chi connectivity index (χ3v) is 3.44. The SMILES string of the molecule is CCC(C)(C)C(=O)N(O)CC1=CCCCC1. The summed E-state index contributed by atoms with van der Waals surface area (Å²) in [5.74, 6) is -0.179. The number of hydrogen-bond acceptors (Lipinski definition) is 2. The maximum absolute atomic E-state index is 11.9. The minimum absolute atomic E-state index is 0.179. The van der Waals surface area contributed by atoms with E-state index in [1.165, 1.54) is 18.4 Å². The van der Waals surface area contributed by atoms with Gasteiger partial charge in [0.15, 0.2) is 0 Å². The smallest absolute Gasteiger partial charge is 0.251 e. The molecule has 0 aromatic heterocycles. The van der Waals surface area contributed by atoms with Crippen molar-refractivity contribution < 1.29 is 10.0 Å². The zero-order valence-corrected chi connectivity index (χ0v) is 10.6. The predicted octanol–water partition coefficient (Wildman–Crippen LogP) is 3.14. The van der Waals surface area contributed by atoms with E-state index < -0.39 is 5.41 Å². The zero-order valence-electron chi connectivity index (χ0n) is 10.6. The molecule has 0 bridgehead atoms. The van der Waals surface area contributed by atoms with Gasteiger partial charge in [0, 0.05) is 5.41 Å². The summed E-state index contributed by atoms with van der Waals surface area (Å²) in [6.45, 7) is 6.08. The lowest BCUT2D eigenvalue weighted by atomic mass is 9.89. The zero-order chi connectivity index (χ0) is 12.2. The molecule has 0 atom stereocenters. The Kier molecular flexibility index (Phi) is 4.54. The normalized spacial score (nSPS) is 16.9. The number of carbonyl (C=O) groups is 1. The molecule has 0 aliphatic heterocycles. The van der Waals surface area contributed by atoms with Crippen LogP contribution in [0.1, 0.15) is 52.9 Å². The maximum atomic E-state index is 11.9. The van der Waals surface area contributed by atoms with E-state index in [0.717, 1.165) is 24.3 Å². The van der Waals surface area contributed by atoms with Gasteiger partial charge in [0.2, 0.25) is 0 Å². The van der Waals surface area contributed by atoms with Gasteiger partial charge in [0.1, 0.15) is 0 Å². The van der Waals surface area contributed by atoms with Gasteiger partial charge in [0.05, 0.1) is 6.54 Å². The van der Waals surface area contributed by atoms with Crippen LogP contribution >= 0.6 is 0 Å². The van der Waals surface area contributed by atoms with Crippen molar-refractivity contribution >= 4 is 5.91 Å². The fourth-order valence-corrected chi connectivity index (χ4v) is 1.81. The number of carbonyl (C=O) groups excluding carboxylic acids is 1. The Morgan fingerprint density at radius 3 is 2.69 bits per heavy atom. The highest BCUT2D eigenvalue weighted by atomic mass is 16.5. The van der Waals surface area contributed by atoms with Gasteiger partial charge in [-0.3, -0.25) is 10.0 Å². The average molecular weight is 225 g/mol. The molecule has 0 fully saturated rings. The van der Waals surface area contributed by atoms with Crippen molar-refractivity contribution in [3.63, 3.8) is 0 Å². The molecular formula is C13H23NO2. The number of amides is 1. The van der Waals surface area contributed by atoms with Gasteiger partial charge in [0.25, 0.3) is 5.91 Å². The Morgan fingerprint density at radius 2 is 2.19 bits per heavy atom. The minimum Gasteiger partial charge on any atom is -0.286 e. The third-order valence-electron chi connectivity index (χ3n) is 3.44. The average Bonchev–Trinajstić information content (AvgIpc) is 2.29. The van der Waals surface area contributed by atoms with Gasteiger partial charge in [-0.25, -0.2) is 5.06 Å². The Morgan fingerprint density at radius 1 is 1.50 bits per heavy atom. The van der Waals surface area contributed by atoms with E-state index in [2.05, 4.69) is 6.08 Å². The molecule has 0 saturated carbocycles. The largest absolute Gasteiger partial charge is 0.286 e. The molecule has 0 spiro atoms. The van der Waals surface area contributed by atoms with E-state index in [4.69, 9.17) is 0 Å². The van der Waals surface area contributed by atoms with Crippen LogP contribution in [0.5, 0.6) is 0 Å². The van der Waals surface area contributed by atoms with Crippen LogP contribution < -0.4 is 0 Å². The van der Waals surface area contributed by atoms with Crippen molar-refractivity contribution in [3.8, 4) is 0 Å². The molecule has 0 saturated heterocycles. The number of hydrogen-bond donors (Lipinski definition) is 1. The topological polar surface area (TPSA) is 40.5 Å². The first-order valence-electron chi connectivity index (χ1n) is 6.16. The lowest BCUT2D eigenvalue weighted by molar-refractivity contribution is -0.173. The Labute approximate surface area is 98.1 Å². The lowest BCUT2D eigenvalue weighted by Gasteiger charge is -2.27. The highest BCUT2D eigenvalue weighted by Gasteiger charge is 2.30. The molecule has 92 valence electrons. The van der Waals surface area contributed by atoms with E-state index in [1.807, 2.05) is 20.8 Å². The summed E-state index contributed by atoms with van der Waals surface area (Å²) >= 11 is 0. The summed E-state index contributed by atoms with van der Waals surface area (Å²) in [5.41, 5.74) is 0.721. The highest BCUT2D eigenvalue weighted by Crippen LogP contribution is 2.24. The minimum atomic E-state index is -0.468. The number of allylic oxidation sites excluding steroid dienone is 1. The second kappa shape index (κ2) is 5.48. The Hall–Kier alpha value is -0.830. The molecule has 1 aliphatic carbocycles. The van der Waals surface area contributed by atoms with E-state index in [9.17, 15) is 10.0 Å². The summed E-state index contributed by atoms with van der Waals surface area (Å²) in [5, 5.41) is 10.7. The Bertz CT molecular complexity index is 282. The molecule has 1 amide bonds. The second-order valence-corrected chi connectivity index (χ2v) is 5.21. The number of nitrogens with zero attached hydrogens (tertiary/aromatic N) is 1. The third kappa shape index (κ3) is 3.34. The van der Waals surface area contributed by atoms with Crippen molar-refractivity contribution in [1.82, 2.24) is 5.06 Å². The standard InChI is InChI=1S/C13H23NO2/c1-4-13(2,3)12(15)14(16)10-11-8-6-5-7-9-11/h8,16H,4-7,9-10H2,1-3H3. The van der Waals surface area contributed by atoms with Crippen molar-refractivity contribution in [2.24, 2.45) is 5.41 Å². The van der Waals surface area contributed by atoms with Crippen molar-refractivity contribution in [2.75, 3.05) is 6.54 Å². The number of hydroxylamine groups is 2. The van der Waals surface area contributed by atoms with Crippen LogP contribution in [0.2, 0.25) is 0 Å². The fourth-order valence-electron chi connectivity index (χ4n) is 1.81. The van der Waals surface area contributed by atoms with Crippen LogP contribution in [0.4, 0.5) is 0 Å². The molecule has 0 aromatic carbocycles. The molecule has 1 aliphatic rings. The molecule has 0 aromatic rings. The molecule has 1 N–H and O–H groups in total. The maximum Gasteiger partial charge on any atom is 0.251 e. The van der Waals surface area contributed by atoms with Crippen LogP contribution in [0.15, 0.2) is 11.6 Å². The first-order valence-corrected chi connectivity index (χ1v) is 6.16. The molecule has 16 heavy (non-hydrogen) atoms. The summed E-state index contributed by atoms with van der Waals surface area (Å²) in [7, 11) is 0. The first-order chi connectivity index (χ1) is 7.47. The van der Waals surface area contributed by atoms with Gasteiger partial charge < -0.3 is 0 Å². The molecule has 0 radical (unpaired) electrons. The van der Waals surface area contributed by atoms with Gasteiger partial charge >= 0.3 is 0 Å². The molecule has 3 heteroatoms. The van der Waals surface area contributed by atoms with Gasteiger partial charge in [-0.15, -0.1) is 0 Å². The predicted molar refractivity (Wildman–Crippen MR) is 64.1 cm³/mol. The second-order valence-electron chi connectivity index (χ2n) is 5.21. The van der Waals surface area contributed by atoms with Crippen LogP contribution in [-0.2, 0) is 4.79 Å². The van der Waals surface area contributed by atoms with E-state index >= 15 is 0 Å². The summed E-state index contributed by atoms with van der Waals surface area (Å²) in [4.78, 5) is 11.9. The lowest BCUT2D eigenvalue weighted by Crippen LogP contribution is -2.39. The first kappa shape index (κ1) is 13.2. The molecule has 0 heterocycles. The van der Waals surface area contributed by atoms with E-state index in [-0.39, 0.29) is 5.91 Å². The van der Waals surface area contributed by atoms with Crippen molar-refractivity contribution in [2.45, 2.75) is 52.9 Å². The van der Waals surface area contributed by atoms with E-state index in [0.29, 0.717) is 6.54 Å². The van der Waals surface area contributed by atoms with Crippen LogP contribution in [-0.4, -0.2) is 22.7 Å². The molecule has 0 unspecified atom stereocenters. The van der Waals surface area contributed by atoms with Crippen LogP contribution in [0, 0.1) is 5.41 Å². The summed E-state index contributed by atoms with van der Waals surface area (Å²) in [6, 6.07) is 0. The summed E-state index contributed by atoms with van der Waals surface area (Å²) < 4.78 is 0. The molecule has 1 rings (SSSR count). The highest BCUT2D eigenvalue weighted by molar-refractivity contribution is 5.81. The quantitative estimate of drug-likeness (QED) is 0.453. The van der Waals surface area contributed by atoms with E-state index in [1.54, 1.807) is 0 Å². The Balaban J connectivity index is 2.54. The monoisotopic (exact) mass is 225 g/mol. The van der Waals surface area contributed by atoms with Crippen LogP contribution in [0.25, 0.3) is 0 Å². The van der Waals surface area contributed by atoms with Gasteiger partial charge in [-0.2, -0.15) is 0 Å². The summed E-state index contributed by atoms with van der Waals surface area (Å²) in [6.07, 6.45) is 7.38. The fraction of sp³-hybridized carbons (Fsp3) is 0.769. The van der Waals surface area contributed by atoms with Gasteiger partial charge in [-0.1, -0.05) is 32.4 Å². The van der Waals surface area contributed by atoms with Crippen LogP contribution in [0.3, 0.4) is 0 Å². The number of rotatable bonds is 4.